The second-order valence-electron chi connectivity index (χ2n) is 6.44. The van der Waals surface area contributed by atoms with E-state index in [4.69, 9.17) is 23.7 Å². The Hall–Kier alpha value is -3.13. The zero-order valence-electron chi connectivity index (χ0n) is 16.2. The quantitative estimate of drug-likeness (QED) is 0.748. The van der Waals surface area contributed by atoms with Crippen LogP contribution in [-0.2, 0) is 5.60 Å². The Balaban J connectivity index is 1.76. The van der Waals surface area contributed by atoms with Crippen LogP contribution in [0.2, 0.25) is 0 Å². The van der Waals surface area contributed by atoms with E-state index in [9.17, 15) is 9.90 Å². The second-order valence-corrected chi connectivity index (χ2v) is 6.44. The molecule has 1 amide bonds. The third-order valence-corrected chi connectivity index (χ3v) is 4.51. The molecule has 0 aromatic heterocycles. The minimum Gasteiger partial charge on any atom is -0.493 e. The Morgan fingerprint density at radius 1 is 1.07 bits per heavy atom. The third-order valence-electron chi connectivity index (χ3n) is 4.51. The minimum absolute atomic E-state index is 0.0118. The highest BCUT2D eigenvalue weighted by molar-refractivity contribution is 5.95. The Morgan fingerprint density at radius 3 is 2.32 bits per heavy atom. The molecule has 1 heterocycles. The SMILES string of the molecule is COc1cc(C(=O)NCC(C)(O)c2ccc3c(c2)OCO3)cc(OC)c1OC. The molecule has 0 radical (unpaired) electrons. The van der Waals surface area contributed by atoms with E-state index in [-0.39, 0.29) is 19.2 Å². The Kier molecular flexibility index (Phi) is 5.51. The van der Waals surface area contributed by atoms with Crippen molar-refractivity contribution in [3.8, 4) is 28.7 Å². The number of carbonyl (C=O) groups is 1. The van der Waals surface area contributed by atoms with Crippen LogP contribution < -0.4 is 29.0 Å². The molecule has 1 aliphatic rings. The molecule has 2 aromatic rings. The maximum atomic E-state index is 12.6. The van der Waals surface area contributed by atoms with Gasteiger partial charge in [-0.2, -0.15) is 0 Å². The maximum absolute atomic E-state index is 12.6. The molecule has 3 rings (SSSR count). The summed E-state index contributed by atoms with van der Waals surface area (Å²) in [5, 5.41) is 13.5. The van der Waals surface area contributed by atoms with Crippen LogP contribution >= 0.6 is 0 Å². The van der Waals surface area contributed by atoms with Crippen LogP contribution in [-0.4, -0.2) is 45.7 Å². The van der Waals surface area contributed by atoms with Crippen LogP contribution in [0.15, 0.2) is 30.3 Å². The zero-order valence-corrected chi connectivity index (χ0v) is 16.2. The largest absolute Gasteiger partial charge is 0.493 e. The van der Waals surface area contributed by atoms with Gasteiger partial charge >= 0.3 is 0 Å². The number of hydrogen-bond donors (Lipinski definition) is 2. The van der Waals surface area contributed by atoms with Crippen LogP contribution in [0.3, 0.4) is 0 Å². The minimum atomic E-state index is -1.31. The van der Waals surface area contributed by atoms with Crippen molar-refractivity contribution in [2.75, 3.05) is 34.7 Å². The molecule has 0 saturated heterocycles. The molecule has 1 unspecified atom stereocenters. The first-order chi connectivity index (χ1) is 13.4. The smallest absolute Gasteiger partial charge is 0.251 e. The summed E-state index contributed by atoms with van der Waals surface area (Å²) in [5.74, 6) is 1.94. The number of hydrogen-bond acceptors (Lipinski definition) is 7. The second kappa shape index (κ2) is 7.85. The van der Waals surface area contributed by atoms with E-state index in [0.717, 1.165) is 0 Å². The molecule has 0 aliphatic carbocycles. The third kappa shape index (κ3) is 3.77. The zero-order chi connectivity index (χ0) is 20.3. The predicted octanol–water partition coefficient (Wildman–Crippen LogP) is 2.08. The summed E-state index contributed by atoms with van der Waals surface area (Å²) >= 11 is 0. The van der Waals surface area contributed by atoms with Crippen molar-refractivity contribution in [2.24, 2.45) is 0 Å². The summed E-state index contributed by atoms with van der Waals surface area (Å²) in [4.78, 5) is 12.6. The topological polar surface area (TPSA) is 95.5 Å². The number of ether oxygens (including phenoxy) is 5. The van der Waals surface area contributed by atoms with Crippen molar-refractivity contribution in [1.82, 2.24) is 5.32 Å². The van der Waals surface area contributed by atoms with Gasteiger partial charge in [0, 0.05) is 5.56 Å². The van der Waals surface area contributed by atoms with E-state index in [2.05, 4.69) is 5.32 Å². The molecule has 2 N–H and O–H groups in total. The van der Waals surface area contributed by atoms with E-state index < -0.39 is 5.60 Å². The number of nitrogens with one attached hydrogen (secondary N) is 1. The van der Waals surface area contributed by atoms with Gasteiger partial charge in [-0.1, -0.05) is 6.07 Å². The average Bonchev–Trinajstić information content (AvgIpc) is 3.18. The van der Waals surface area contributed by atoms with Gasteiger partial charge in [0.15, 0.2) is 23.0 Å². The fourth-order valence-electron chi connectivity index (χ4n) is 2.90. The molecule has 0 spiro atoms. The van der Waals surface area contributed by atoms with E-state index in [1.54, 1.807) is 37.3 Å². The molecule has 0 fully saturated rings. The highest BCUT2D eigenvalue weighted by Crippen LogP contribution is 2.38. The number of fused-ring (bicyclic) bond motifs is 1. The first-order valence-corrected chi connectivity index (χ1v) is 8.60. The number of carbonyl (C=O) groups excluding carboxylic acids is 1. The Labute approximate surface area is 162 Å². The lowest BCUT2D eigenvalue weighted by molar-refractivity contribution is 0.0524. The lowest BCUT2D eigenvalue weighted by Gasteiger charge is -2.24. The summed E-state index contributed by atoms with van der Waals surface area (Å²) in [6.45, 7) is 1.75. The number of methoxy groups -OCH3 is 3. The number of aliphatic hydroxyl groups is 1. The molecular weight excluding hydrogens is 366 g/mol. The molecule has 28 heavy (non-hydrogen) atoms. The number of rotatable bonds is 7. The standard InChI is InChI=1S/C20H23NO7/c1-20(23,13-5-6-14-15(9-13)28-11-27-14)10-21-19(22)12-7-16(24-2)18(26-4)17(8-12)25-3/h5-9,23H,10-11H2,1-4H3,(H,21,22). The van der Waals surface area contributed by atoms with Crippen molar-refractivity contribution in [2.45, 2.75) is 12.5 Å². The summed E-state index contributed by atoms with van der Waals surface area (Å²) < 4.78 is 26.4. The Bertz CT molecular complexity index is 854. The Morgan fingerprint density at radius 2 is 1.71 bits per heavy atom. The normalized spacial score (nSPS) is 14.2. The molecule has 8 heteroatoms. The summed E-state index contributed by atoms with van der Waals surface area (Å²) in [6.07, 6.45) is 0. The van der Waals surface area contributed by atoms with Crippen LogP contribution in [0, 0.1) is 0 Å². The summed E-state index contributed by atoms with van der Waals surface area (Å²) in [7, 11) is 4.44. The van der Waals surface area contributed by atoms with Gasteiger partial charge in [0.2, 0.25) is 12.5 Å². The van der Waals surface area contributed by atoms with Crippen molar-refractivity contribution < 1.29 is 33.6 Å². The number of benzene rings is 2. The van der Waals surface area contributed by atoms with Crippen LogP contribution in [0.5, 0.6) is 28.7 Å². The lowest BCUT2D eigenvalue weighted by Crippen LogP contribution is -2.38. The molecule has 1 atom stereocenters. The highest BCUT2D eigenvalue weighted by Gasteiger charge is 2.27. The van der Waals surface area contributed by atoms with Crippen LogP contribution in [0.1, 0.15) is 22.8 Å². The van der Waals surface area contributed by atoms with E-state index in [0.29, 0.717) is 39.9 Å². The van der Waals surface area contributed by atoms with Gasteiger partial charge in [-0.15, -0.1) is 0 Å². The van der Waals surface area contributed by atoms with Gasteiger partial charge in [-0.05, 0) is 36.8 Å². The summed E-state index contributed by atoms with van der Waals surface area (Å²) in [6, 6.07) is 8.26. The van der Waals surface area contributed by atoms with Crippen molar-refractivity contribution in [1.29, 1.82) is 0 Å². The van der Waals surface area contributed by atoms with Gasteiger partial charge in [-0.3, -0.25) is 4.79 Å². The first-order valence-electron chi connectivity index (χ1n) is 8.60. The molecule has 0 saturated carbocycles. The van der Waals surface area contributed by atoms with Gasteiger partial charge in [-0.25, -0.2) is 0 Å². The fourth-order valence-corrected chi connectivity index (χ4v) is 2.90. The molecule has 2 aromatic carbocycles. The lowest BCUT2D eigenvalue weighted by atomic mass is 9.95. The van der Waals surface area contributed by atoms with E-state index in [1.807, 2.05) is 0 Å². The van der Waals surface area contributed by atoms with Crippen LogP contribution in [0.4, 0.5) is 0 Å². The van der Waals surface area contributed by atoms with Gasteiger partial charge < -0.3 is 34.1 Å². The molecule has 8 nitrogen and oxygen atoms in total. The molecule has 0 bridgehead atoms. The van der Waals surface area contributed by atoms with Crippen molar-refractivity contribution in [3.63, 3.8) is 0 Å². The number of amides is 1. The summed E-state index contributed by atoms with van der Waals surface area (Å²) in [5.41, 5.74) is -0.394. The molecule has 1 aliphatic heterocycles. The first kappa shape index (κ1) is 19.6. The van der Waals surface area contributed by atoms with Gasteiger partial charge in [0.05, 0.1) is 27.9 Å². The van der Waals surface area contributed by atoms with Crippen molar-refractivity contribution in [3.05, 3.63) is 41.5 Å². The average molecular weight is 389 g/mol. The van der Waals surface area contributed by atoms with Crippen LogP contribution in [0.25, 0.3) is 0 Å². The van der Waals surface area contributed by atoms with Gasteiger partial charge in [0.25, 0.3) is 5.91 Å². The molecule has 150 valence electrons. The van der Waals surface area contributed by atoms with E-state index >= 15 is 0 Å². The maximum Gasteiger partial charge on any atom is 0.251 e. The van der Waals surface area contributed by atoms with Gasteiger partial charge in [0.1, 0.15) is 5.60 Å². The predicted molar refractivity (Wildman–Crippen MR) is 101 cm³/mol. The monoisotopic (exact) mass is 389 g/mol. The van der Waals surface area contributed by atoms with E-state index in [1.165, 1.54) is 21.3 Å². The fraction of sp³-hybridized carbons (Fsp3) is 0.350. The molecular formula is C20H23NO7. The highest BCUT2D eigenvalue weighted by atomic mass is 16.7. The van der Waals surface area contributed by atoms with Crippen molar-refractivity contribution >= 4 is 5.91 Å².